The molecule has 1 aromatic rings. The van der Waals surface area contributed by atoms with Gasteiger partial charge < -0.3 is 15.4 Å². The lowest BCUT2D eigenvalue weighted by Crippen LogP contribution is -2.20. The molecule has 6 heteroatoms. The molecule has 3 rings (SSSR count). The number of carbonyl (C=O) groups excluding carboxylic acids is 2. The number of hydrogen-bond donors (Lipinski definition) is 1. The molecule has 0 radical (unpaired) electrons. The molecule has 0 atom stereocenters. The van der Waals surface area contributed by atoms with Crippen molar-refractivity contribution in [3.05, 3.63) is 47.6 Å². The molecule has 1 saturated carbocycles. The first-order valence-electron chi connectivity index (χ1n) is 6.91. The van der Waals surface area contributed by atoms with Crippen molar-refractivity contribution in [2.24, 2.45) is 0 Å². The molecule has 1 fully saturated rings. The quantitative estimate of drug-likeness (QED) is 0.673. The number of hydrogen-bond acceptors (Lipinski definition) is 6. The van der Waals surface area contributed by atoms with Crippen molar-refractivity contribution < 1.29 is 14.3 Å². The number of ether oxygens (including phenoxy) is 1. The van der Waals surface area contributed by atoms with Crippen LogP contribution < -0.4 is 5.73 Å². The van der Waals surface area contributed by atoms with Crippen LogP contribution in [-0.4, -0.2) is 34.9 Å². The molecular weight excluding hydrogens is 282 g/mol. The van der Waals surface area contributed by atoms with Gasteiger partial charge in [-0.1, -0.05) is 0 Å². The molecule has 0 unspecified atom stereocenters. The summed E-state index contributed by atoms with van der Waals surface area (Å²) in [4.78, 5) is 28.8. The van der Waals surface area contributed by atoms with E-state index < -0.39 is 5.97 Å². The molecule has 0 bridgehead atoms. The van der Waals surface area contributed by atoms with Crippen LogP contribution in [0.5, 0.6) is 0 Å². The smallest absolute Gasteiger partial charge is 0.341 e. The minimum absolute atomic E-state index is 0.220. The largest absolute Gasteiger partial charge is 0.465 e. The van der Waals surface area contributed by atoms with Crippen molar-refractivity contribution in [2.75, 3.05) is 12.8 Å². The maximum atomic E-state index is 11.5. The average Bonchev–Trinajstić information content (AvgIpc) is 3.38. The predicted octanol–water partition coefficient (Wildman–Crippen LogP) is 1.54. The molecule has 22 heavy (non-hydrogen) atoms. The van der Waals surface area contributed by atoms with Gasteiger partial charge in [0.1, 0.15) is 11.3 Å². The Labute approximate surface area is 127 Å². The van der Waals surface area contributed by atoms with E-state index in [4.69, 9.17) is 5.73 Å². The molecule has 2 aliphatic rings. The second-order valence-electron chi connectivity index (χ2n) is 5.19. The number of anilines is 1. The lowest BCUT2D eigenvalue weighted by molar-refractivity contribution is 0.0601. The van der Waals surface area contributed by atoms with Crippen molar-refractivity contribution >= 4 is 23.2 Å². The fourth-order valence-electron chi connectivity index (χ4n) is 2.33. The zero-order valence-corrected chi connectivity index (χ0v) is 12.1. The van der Waals surface area contributed by atoms with Crippen LogP contribution in [0.3, 0.4) is 0 Å². The molecule has 6 nitrogen and oxygen atoms in total. The maximum Gasteiger partial charge on any atom is 0.341 e. The van der Waals surface area contributed by atoms with Gasteiger partial charge in [0.2, 0.25) is 0 Å². The second kappa shape index (κ2) is 5.50. The highest BCUT2D eigenvalue weighted by molar-refractivity contribution is 5.95. The number of pyridine rings is 1. The molecular formula is C16H15N3O3. The predicted molar refractivity (Wildman–Crippen MR) is 81.2 cm³/mol. The van der Waals surface area contributed by atoms with E-state index in [0.29, 0.717) is 17.4 Å². The summed E-state index contributed by atoms with van der Waals surface area (Å²) in [5.74, 6) is 1.43. The van der Waals surface area contributed by atoms with Gasteiger partial charge in [-0.05, 0) is 31.1 Å². The highest BCUT2D eigenvalue weighted by atomic mass is 16.5. The molecule has 0 amide bonds. The molecule has 2 heterocycles. The van der Waals surface area contributed by atoms with Crippen molar-refractivity contribution in [3.8, 4) is 0 Å². The van der Waals surface area contributed by atoms with Crippen molar-refractivity contribution in [1.82, 2.24) is 9.88 Å². The van der Waals surface area contributed by atoms with Gasteiger partial charge in [-0.15, -0.1) is 0 Å². The topological polar surface area (TPSA) is 85.5 Å². The number of allylic oxidation sites excluding steroid dienone is 3. The highest BCUT2D eigenvalue weighted by Gasteiger charge is 2.30. The zero-order valence-electron chi connectivity index (χ0n) is 12.1. The molecule has 0 spiro atoms. The number of aromatic nitrogens is 1. The van der Waals surface area contributed by atoms with E-state index in [9.17, 15) is 9.59 Å². The standard InChI is InChI=1S/C16H15N3O3/c1-22-16(21)13-8-18-15(7-14(13)17)10-4-5-19(11-2-3-11)12(6-10)9-20/h4-8,11H,2-3H2,1H3,(H2,17,18). The van der Waals surface area contributed by atoms with Crippen molar-refractivity contribution in [3.63, 3.8) is 0 Å². The Kier molecular flexibility index (Phi) is 3.53. The van der Waals surface area contributed by atoms with Gasteiger partial charge in [-0.25, -0.2) is 9.59 Å². The monoisotopic (exact) mass is 297 g/mol. The summed E-state index contributed by atoms with van der Waals surface area (Å²) in [6.07, 6.45) is 9.00. The number of carbonyl (C=O) groups is 1. The van der Waals surface area contributed by atoms with Crippen molar-refractivity contribution in [1.29, 1.82) is 0 Å². The first-order chi connectivity index (χ1) is 10.6. The first kappa shape index (κ1) is 14.1. The summed E-state index contributed by atoms with van der Waals surface area (Å²) in [5, 5.41) is 0. The molecule has 1 aliphatic carbocycles. The number of esters is 1. The SMILES string of the molecule is COC(=O)c1cnc(C2=CC(=C=O)N(C3CC3)C=C2)cc1N. The fourth-order valence-corrected chi connectivity index (χ4v) is 2.33. The van der Waals surface area contributed by atoms with Crippen LogP contribution in [0.4, 0.5) is 5.69 Å². The third kappa shape index (κ3) is 2.52. The third-order valence-corrected chi connectivity index (χ3v) is 3.67. The lowest BCUT2D eigenvalue weighted by Gasteiger charge is -2.22. The van der Waals surface area contributed by atoms with E-state index >= 15 is 0 Å². The number of nitrogen functional groups attached to an aromatic ring is 1. The van der Waals surface area contributed by atoms with Crippen LogP contribution in [0.2, 0.25) is 0 Å². The van der Waals surface area contributed by atoms with Crippen LogP contribution >= 0.6 is 0 Å². The van der Waals surface area contributed by atoms with Gasteiger partial charge in [0.25, 0.3) is 0 Å². The molecule has 112 valence electrons. The maximum absolute atomic E-state index is 11.5. The summed E-state index contributed by atoms with van der Waals surface area (Å²) < 4.78 is 4.63. The van der Waals surface area contributed by atoms with E-state index in [2.05, 4.69) is 9.72 Å². The zero-order chi connectivity index (χ0) is 15.7. The summed E-state index contributed by atoms with van der Waals surface area (Å²) in [6, 6.07) is 1.99. The van der Waals surface area contributed by atoms with Gasteiger partial charge in [-0.2, -0.15) is 0 Å². The summed E-state index contributed by atoms with van der Waals surface area (Å²) in [6.45, 7) is 0. The summed E-state index contributed by atoms with van der Waals surface area (Å²) in [5.41, 5.74) is 8.19. The van der Waals surface area contributed by atoms with E-state index in [1.165, 1.54) is 13.3 Å². The van der Waals surface area contributed by atoms with E-state index in [0.717, 1.165) is 18.4 Å². The van der Waals surface area contributed by atoms with E-state index in [-0.39, 0.29) is 11.3 Å². The molecule has 2 N–H and O–H groups in total. The Morgan fingerprint density at radius 2 is 2.27 bits per heavy atom. The lowest BCUT2D eigenvalue weighted by atomic mass is 10.1. The number of nitrogens with two attached hydrogens (primary N) is 1. The normalized spacial score (nSPS) is 17.0. The van der Waals surface area contributed by atoms with Crippen LogP contribution in [0.25, 0.3) is 5.57 Å². The van der Waals surface area contributed by atoms with Crippen LogP contribution in [0.1, 0.15) is 28.9 Å². The summed E-state index contributed by atoms with van der Waals surface area (Å²) >= 11 is 0. The fraction of sp³-hybridized carbons (Fsp3) is 0.250. The number of nitrogens with zero attached hydrogens (tertiary/aromatic N) is 2. The van der Waals surface area contributed by atoms with E-state index in [1.807, 2.05) is 23.1 Å². The minimum Gasteiger partial charge on any atom is -0.465 e. The molecule has 0 saturated heterocycles. The molecule has 1 aromatic heterocycles. The van der Waals surface area contributed by atoms with Crippen molar-refractivity contribution in [2.45, 2.75) is 18.9 Å². The highest BCUT2D eigenvalue weighted by Crippen LogP contribution is 2.34. The van der Waals surface area contributed by atoms with Gasteiger partial charge in [0.05, 0.1) is 12.8 Å². The molecule has 1 aliphatic heterocycles. The van der Waals surface area contributed by atoms with E-state index in [1.54, 1.807) is 12.1 Å². The second-order valence-corrected chi connectivity index (χ2v) is 5.19. The minimum atomic E-state index is -0.530. The van der Waals surface area contributed by atoms with Crippen LogP contribution in [0, 0.1) is 0 Å². The Morgan fingerprint density at radius 3 is 2.86 bits per heavy atom. The van der Waals surface area contributed by atoms with Gasteiger partial charge >= 0.3 is 5.97 Å². The third-order valence-electron chi connectivity index (χ3n) is 3.67. The van der Waals surface area contributed by atoms with Gasteiger partial charge in [-0.3, -0.25) is 4.98 Å². The Hall–Kier alpha value is -2.85. The Morgan fingerprint density at radius 1 is 1.50 bits per heavy atom. The molecule has 0 aromatic carbocycles. The summed E-state index contributed by atoms with van der Waals surface area (Å²) in [7, 11) is 1.29. The average molecular weight is 297 g/mol. The Bertz CT molecular complexity index is 741. The van der Waals surface area contributed by atoms with Gasteiger partial charge in [0, 0.05) is 29.7 Å². The van der Waals surface area contributed by atoms with Crippen LogP contribution in [-0.2, 0) is 9.53 Å². The van der Waals surface area contributed by atoms with Gasteiger partial charge in [0.15, 0.2) is 5.94 Å². The Balaban J connectivity index is 1.91. The van der Waals surface area contributed by atoms with Crippen LogP contribution in [0.15, 0.2) is 36.3 Å². The number of rotatable bonds is 3. The number of methoxy groups -OCH3 is 1. The first-order valence-corrected chi connectivity index (χ1v) is 6.91.